The molecule has 0 heterocycles. The molecule has 212 valence electrons. The summed E-state index contributed by atoms with van der Waals surface area (Å²) in [5.41, 5.74) is 3.23. The van der Waals surface area contributed by atoms with Crippen molar-refractivity contribution in [3.63, 3.8) is 0 Å². The number of amides is 2. The quantitative estimate of drug-likeness (QED) is 0.188. The van der Waals surface area contributed by atoms with Crippen molar-refractivity contribution in [1.29, 1.82) is 0 Å². The molecule has 4 aromatic rings. The van der Waals surface area contributed by atoms with Gasteiger partial charge in [0, 0.05) is 30.9 Å². The van der Waals surface area contributed by atoms with Gasteiger partial charge in [-0.05, 0) is 85.3 Å². The average molecular weight is 554 g/mol. The highest BCUT2D eigenvalue weighted by molar-refractivity contribution is 5.95. The van der Waals surface area contributed by atoms with Crippen LogP contribution in [-0.2, 0) is 4.79 Å². The van der Waals surface area contributed by atoms with Crippen LogP contribution in [0.3, 0.4) is 0 Å². The molecule has 2 amide bonds. The van der Waals surface area contributed by atoms with E-state index in [4.69, 9.17) is 14.2 Å². The molecule has 0 fully saturated rings. The third-order valence-electron chi connectivity index (χ3n) is 6.48. The molecule has 0 saturated heterocycles. The van der Waals surface area contributed by atoms with Gasteiger partial charge in [-0.3, -0.25) is 9.59 Å². The highest BCUT2D eigenvalue weighted by atomic mass is 16.5. The van der Waals surface area contributed by atoms with Gasteiger partial charge in [-0.25, -0.2) is 0 Å². The standard InChI is InChI=1S/C33H35N3O5/c1-23-5-4-6-25(21-23)32(37)36-22-31(33(38)35-20-19-34-26-9-13-27(39-2)14-10-26)24-7-11-29(12-8-24)41-30-17-15-28(40-3)16-18-30/h4-18,21,31,34H,19-20,22H2,1-3H3,(H,35,38)(H,36,37). The number of ether oxygens (including phenoxy) is 3. The first-order valence-electron chi connectivity index (χ1n) is 13.4. The SMILES string of the molecule is COc1ccc(NCCNC(=O)C(CNC(=O)c2cccc(C)c2)c2ccc(Oc3ccc(OC)cc3)cc2)cc1. The van der Waals surface area contributed by atoms with Crippen molar-refractivity contribution < 1.29 is 23.8 Å². The van der Waals surface area contributed by atoms with Crippen molar-refractivity contribution in [3.05, 3.63) is 114 Å². The second-order valence-electron chi connectivity index (χ2n) is 9.43. The van der Waals surface area contributed by atoms with Gasteiger partial charge >= 0.3 is 0 Å². The molecule has 41 heavy (non-hydrogen) atoms. The van der Waals surface area contributed by atoms with Gasteiger partial charge in [0.25, 0.3) is 5.91 Å². The molecule has 0 aliphatic carbocycles. The first kappa shape index (κ1) is 29.0. The minimum absolute atomic E-state index is 0.142. The Kier molecular flexibility index (Phi) is 10.2. The Morgan fingerprint density at radius 2 is 1.29 bits per heavy atom. The lowest BCUT2D eigenvalue weighted by Crippen LogP contribution is -2.39. The summed E-state index contributed by atoms with van der Waals surface area (Å²) in [5, 5.41) is 9.20. The van der Waals surface area contributed by atoms with Crippen molar-refractivity contribution in [2.24, 2.45) is 0 Å². The van der Waals surface area contributed by atoms with Crippen LogP contribution in [0.4, 0.5) is 5.69 Å². The predicted octanol–water partition coefficient (Wildman–Crippen LogP) is 5.55. The molecule has 0 aromatic heterocycles. The van der Waals surface area contributed by atoms with E-state index >= 15 is 0 Å². The Hall–Kier alpha value is -4.98. The molecular weight excluding hydrogens is 518 g/mol. The summed E-state index contributed by atoms with van der Waals surface area (Å²) in [4.78, 5) is 26.2. The largest absolute Gasteiger partial charge is 0.497 e. The number of carbonyl (C=O) groups is 2. The smallest absolute Gasteiger partial charge is 0.251 e. The third-order valence-corrected chi connectivity index (χ3v) is 6.48. The molecule has 0 bridgehead atoms. The maximum Gasteiger partial charge on any atom is 0.251 e. The van der Waals surface area contributed by atoms with Crippen LogP contribution < -0.4 is 30.2 Å². The van der Waals surface area contributed by atoms with E-state index in [0.717, 1.165) is 28.3 Å². The Balaban J connectivity index is 1.40. The molecule has 4 rings (SSSR count). The van der Waals surface area contributed by atoms with Gasteiger partial charge < -0.3 is 30.2 Å². The molecule has 0 aliphatic rings. The topological polar surface area (TPSA) is 97.9 Å². The minimum Gasteiger partial charge on any atom is -0.497 e. The Bertz CT molecular complexity index is 1420. The lowest BCUT2D eigenvalue weighted by Gasteiger charge is -2.19. The number of benzene rings is 4. The van der Waals surface area contributed by atoms with E-state index in [1.165, 1.54) is 0 Å². The summed E-state index contributed by atoms with van der Waals surface area (Å²) in [5.74, 6) is 1.81. The lowest BCUT2D eigenvalue weighted by molar-refractivity contribution is -0.122. The van der Waals surface area contributed by atoms with Crippen molar-refractivity contribution in [1.82, 2.24) is 10.6 Å². The molecule has 1 unspecified atom stereocenters. The zero-order valence-electron chi connectivity index (χ0n) is 23.5. The van der Waals surface area contributed by atoms with Gasteiger partial charge in [0.2, 0.25) is 5.91 Å². The fourth-order valence-electron chi connectivity index (χ4n) is 4.22. The summed E-state index contributed by atoms with van der Waals surface area (Å²) < 4.78 is 16.3. The van der Waals surface area contributed by atoms with E-state index in [9.17, 15) is 9.59 Å². The molecular formula is C33H35N3O5. The molecule has 3 N–H and O–H groups in total. The Labute approximate surface area is 240 Å². The second kappa shape index (κ2) is 14.4. The van der Waals surface area contributed by atoms with E-state index in [1.807, 2.05) is 97.9 Å². The maximum absolute atomic E-state index is 13.3. The highest BCUT2D eigenvalue weighted by Gasteiger charge is 2.22. The van der Waals surface area contributed by atoms with Crippen LogP contribution in [-0.4, -0.2) is 45.7 Å². The highest BCUT2D eigenvalue weighted by Crippen LogP contribution is 2.26. The van der Waals surface area contributed by atoms with Crippen LogP contribution in [0, 0.1) is 6.92 Å². The van der Waals surface area contributed by atoms with Gasteiger partial charge in [-0.15, -0.1) is 0 Å². The van der Waals surface area contributed by atoms with Gasteiger partial charge in [-0.2, -0.15) is 0 Å². The van der Waals surface area contributed by atoms with Gasteiger partial charge in [0.05, 0.1) is 20.1 Å². The van der Waals surface area contributed by atoms with E-state index in [2.05, 4.69) is 16.0 Å². The number of rotatable bonds is 13. The van der Waals surface area contributed by atoms with E-state index in [1.54, 1.807) is 20.3 Å². The summed E-state index contributed by atoms with van der Waals surface area (Å²) in [6.07, 6.45) is 0. The number of carbonyl (C=O) groups excluding carboxylic acids is 2. The summed E-state index contributed by atoms with van der Waals surface area (Å²) in [6, 6.07) is 29.5. The van der Waals surface area contributed by atoms with E-state index in [0.29, 0.717) is 30.2 Å². The lowest BCUT2D eigenvalue weighted by atomic mass is 9.97. The Morgan fingerprint density at radius 3 is 1.90 bits per heavy atom. The average Bonchev–Trinajstić information content (AvgIpc) is 3.00. The monoisotopic (exact) mass is 553 g/mol. The Morgan fingerprint density at radius 1 is 0.707 bits per heavy atom. The van der Waals surface area contributed by atoms with Gasteiger partial charge in [0.1, 0.15) is 23.0 Å². The van der Waals surface area contributed by atoms with E-state index < -0.39 is 5.92 Å². The summed E-state index contributed by atoms with van der Waals surface area (Å²) >= 11 is 0. The molecule has 0 aliphatic heterocycles. The van der Waals surface area contributed by atoms with Crippen LogP contribution in [0.1, 0.15) is 27.4 Å². The van der Waals surface area contributed by atoms with Crippen molar-refractivity contribution in [3.8, 4) is 23.0 Å². The molecule has 0 radical (unpaired) electrons. The summed E-state index contributed by atoms with van der Waals surface area (Å²) in [7, 11) is 3.24. The molecule has 8 heteroatoms. The van der Waals surface area contributed by atoms with Gasteiger partial charge in [-0.1, -0.05) is 29.8 Å². The zero-order valence-corrected chi connectivity index (χ0v) is 23.5. The fraction of sp³-hybridized carbons (Fsp3) is 0.212. The number of hydrogen-bond donors (Lipinski definition) is 3. The van der Waals surface area contributed by atoms with Crippen LogP contribution >= 0.6 is 0 Å². The first-order valence-corrected chi connectivity index (χ1v) is 13.4. The van der Waals surface area contributed by atoms with Crippen molar-refractivity contribution in [2.45, 2.75) is 12.8 Å². The molecule has 4 aromatic carbocycles. The zero-order chi connectivity index (χ0) is 29.0. The molecule has 0 spiro atoms. The second-order valence-corrected chi connectivity index (χ2v) is 9.43. The number of hydrogen-bond acceptors (Lipinski definition) is 6. The van der Waals surface area contributed by atoms with Crippen molar-refractivity contribution in [2.75, 3.05) is 39.2 Å². The van der Waals surface area contributed by atoms with Crippen LogP contribution in [0.2, 0.25) is 0 Å². The fourth-order valence-corrected chi connectivity index (χ4v) is 4.22. The predicted molar refractivity (Wildman–Crippen MR) is 160 cm³/mol. The van der Waals surface area contributed by atoms with Gasteiger partial charge in [0.15, 0.2) is 0 Å². The van der Waals surface area contributed by atoms with Crippen LogP contribution in [0.25, 0.3) is 0 Å². The first-order chi connectivity index (χ1) is 19.9. The number of methoxy groups -OCH3 is 2. The third kappa shape index (κ3) is 8.50. The number of nitrogens with one attached hydrogen (secondary N) is 3. The van der Waals surface area contributed by atoms with Crippen LogP contribution in [0.5, 0.6) is 23.0 Å². The molecule has 1 atom stereocenters. The number of aryl methyl sites for hydroxylation is 1. The van der Waals surface area contributed by atoms with Crippen LogP contribution in [0.15, 0.2) is 97.1 Å². The van der Waals surface area contributed by atoms with E-state index in [-0.39, 0.29) is 18.4 Å². The molecule has 0 saturated carbocycles. The summed E-state index contributed by atoms with van der Waals surface area (Å²) in [6.45, 7) is 3.02. The maximum atomic E-state index is 13.3. The van der Waals surface area contributed by atoms with Crippen molar-refractivity contribution >= 4 is 17.5 Å². The minimum atomic E-state index is -0.597. The molecule has 8 nitrogen and oxygen atoms in total. The normalized spacial score (nSPS) is 11.2. The number of anilines is 1.